The summed E-state index contributed by atoms with van der Waals surface area (Å²) < 4.78 is 0. The van der Waals surface area contributed by atoms with E-state index in [1.165, 1.54) is 104 Å². The van der Waals surface area contributed by atoms with E-state index in [1.54, 1.807) is 0 Å². The standard InChI is InChI=1S/C60H39N/c1-2-12-39(13-3-1)41-22-25-42(26-23-41)56-36-48(44-27-24-40-14-4-5-15-43(40)32-44)37-59-54-29-28-46(57-34-45-16-6-8-18-50(45)51-19-9-10-20-52(51)57)35-58(53(54)30-31-55(56)59)49-33-47-17-7-11-21-60(47)61-38-49/h1-28,30-38H,29H2. The average Bonchev–Trinajstić information content (AvgIpc) is 3.54. The Kier molecular flexibility index (Phi) is 8.31. The van der Waals surface area contributed by atoms with Gasteiger partial charge in [-0.25, -0.2) is 0 Å². The largest absolute Gasteiger partial charge is 0.256 e. The first-order valence-electron chi connectivity index (χ1n) is 21.1. The summed E-state index contributed by atoms with van der Waals surface area (Å²) >= 11 is 0. The Bertz CT molecular complexity index is 3590. The summed E-state index contributed by atoms with van der Waals surface area (Å²) in [5, 5.41) is 11.2. The summed E-state index contributed by atoms with van der Waals surface area (Å²) in [5.41, 5.74) is 15.6. The van der Waals surface area contributed by atoms with Crippen LogP contribution in [0.15, 0.2) is 225 Å². The molecule has 0 saturated carbocycles. The summed E-state index contributed by atoms with van der Waals surface area (Å²) in [4.78, 5) is 5.01. The minimum Gasteiger partial charge on any atom is -0.256 e. The van der Waals surface area contributed by atoms with Gasteiger partial charge in [0, 0.05) is 17.1 Å². The molecule has 0 saturated heterocycles. The van der Waals surface area contributed by atoms with Gasteiger partial charge in [0.25, 0.3) is 0 Å². The minimum atomic E-state index is 0.776. The summed E-state index contributed by atoms with van der Waals surface area (Å²) in [6.45, 7) is 0. The molecule has 0 unspecified atom stereocenters. The number of hydrogen-bond acceptors (Lipinski definition) is 1. The molecule has 1 aliphatic carbocycles. The highest BCUT2D eigenvalue weighted by atomic mass is 14.6. The van der Waals surface area contributed by atoms with E-state index in [1.807, 2.05) is 0 Å². The molecule has 12 rings (SSSR count). The maximum absolute atomic E-state index is 5.01. The van der Waals surface area contributed by atoms with Crippen LogP contribution >= 0.6 is 0 Å². The lowest BCUT2D eigenvalue weighted by Gasteiger charge is -2.18. The molecule has 0 aliphatic heterocycles. The van der Waals surface area contributed by atoms with Crippen LogP contribution in [0.4, 0.5) is 0 Å². The van der Waals surface area contributed by atoms with Crippen molar-refractivity contribution in [3.8, 4) is 33.4 Å². The van der Waals surface area contributed by atoms with Gasteiger partial charge in [-0.15, -0.1) is 0 Å². The number of pyridine rings is 1. The molecule has 0 spiro atoms. The van der Waals surface area contributed by atoms with Gasteiger partial charge in [-0.2, -0.15) is 0 Å². The molecule has 0 fully saturated rings. The Morgan fingerprint density at radius 3 is 1.82 bits per heavy atom. The number of rotatable bonds is 5. The van der Waals surface area contributed by atoms with Crippen molar-refractivity contribution >= 4 is 65.1 Å². The topological polar surface area (TPSA) is 12.9 Å². The van der Waals surface area contributed by atoms with Gasteiger partial charge in [-0.1, -0.05) is 176 Å². The van der Waals surface area contributed by atoms with E-state index in [0.717, 1.165) is 22.9 Å². The van der Waals surface area contributed by atoms with Crippen molar-refractivity contribution in [2.45, 2.75) is 6.42 Å². The highest BCUT2D eigenvalue weighted by molar-refractivity contribution is 6.14. The third kappa shape index (κ3) is 6.13. The predicted molar refractivity (Wildman–Crippen MR) is 260 cm³/mol. The second-order valence-electron chi connectivity index (χ2n) is 16.2. The molecule has 0 bridgehead atoms. The number of para-hydroxylation sites is 1. The van der Waals surface area contributed by atoms with Crippen LogP contribution in [0.25, 0.3) is 98.5 Å². The maximum atomic E-state index is 5.01. The maximum Gasteiger partial charge on any atom is 0.0702 e. The second-order valence-corrected chi connectivity index (χ2v) is 16.2. The number of fused-ring (bicyclic) bond motifs is 8. The first-order chi connectivity index (χ1) is 30.2. The molecule has 61 heavy (non-hydrogen) atoms. The van der Waals surface area contributed by atoms with Gasteiger partial charge in [0.15, 0.2) is 0 Å². The molecule has 0 radical (unpaired) electrons. The molecular weight excluding hydrogens is 735 g/mol. The molecule has 1 heteroatoms. The molecule has 0 atom stereocenters. The lowest BCUT2D eigenvalue weighted by molar-refractivity contribution is 1.29. The Morgan fingerprint density at radius 2 is 0.967 bits per heavy atom. The SMILES string of the molecule is C1=C(c2cnc3ccccc3c2)c2ccc3c(-c4ccc(-c5ccccc5)cc4)cc(-c4ccc5ccccc5c4)cc3c2CC=C1c1cc2ccccc2c2ccccc12. The molecule has 0 N–H and O–H groups in total. The van der Waals surface area contributed by atoms with Crippen LogP contribution < -0.4 is 0 Å². The first kappa shape index (κ1) is 35.1. The van der Waals surface area contributed by atoms with E-state index in [0.29, 0.717) is 0 Å². The van der Waals surface area contributed by atoms with Gasteiger partial charge >= 0.3 is 0 Å². The van der Waals surface area contributed by atoms with Crippen molar-refractivity contribution in [2.24, 2.45) is 0 Å². The van der Waals surface area contributed by atoms with E-state index in [-0.39, 0.29) is 0 Å². The van der Waals surface area contributed by atoms with E-state index < -0.39 is 0 Å². The van der Waals surface area contributed by atoms with E-state index >= 15 is 0 Å². The van der Waals surface area contributed by atoms with Crippen molar-refractivity contribution < 1.29 is 0 Å². The Balaban J connectivity index is 1.12. The van der Waals surface area contributed by atoms with E-state index in [4.69, 9.17) is 4.98 Å². The molecule has 1 aliphatic rings. The summed E-state index contributed by atoms with van der Waals surface area (Å²) in [6.07, 6.45) is 7.73. The second kappa shape index (κ2) is 14.4. The Hall–Kier alpha value is -7.87. The molecule has 0 amide bonds. The van der Waals surface area contributed by atoms with Crippen molar-refractivity contribution in [3.63, 3.8) is 0 Å². The van der Waals surface area contributed by atoms with Gasteiger partial charge in [-0.05, 0) is 153 Å². The van der Waals surface area contributed by atoms with Gasteiger partial charge in [0.2, 0.25) is 0 Å². The van der Waals surface area contributed by atoms with Crippen LogP contribution in [0.1, 0.15) is 22.3 Å². The molecule has 1 heterocycles. The fraction of sp³-hybridized carbons (Fsp3) is 0.0167. The van der Waals surface area contributed by atoms with Gasteiger partial charge in [0.05, 0.1) is 5.52 Å². The highest BCUT2D eigenvalue weighted by Crippen LogP contribution is 2.44. The van der Waals surface area contributed by atoms with Gasteiger partial charge in [-0.3, -0.25) is 4.98 Å². The summed E-state index contributed by atoms with van der Waals surface area (Å²) in [5.74, 6) is 0. The molecule has 1 nitrogen and oxygen atoms in total. The highest BCUT2D eigenvalue weighted by Gasteiger charge is 2.21. The lowest BCUT2D eigenvalue weighted by atomic mass is 9.85. The van der Waals surface area contributed by atoms with Crippen molar-refractivity contribution in [3.05, 3.63) is 247 Å². The monoisotopic (exact) mass is 773 g/mol. The number of aromatic nitrogens is 1. The third-order valence-corrected chi connectivity index (χ3v) is 12.7. The van der Waals surface area contributed by atoms with Crippen molar-refractivity contribution in [1.29, 1.82) is 0 Å². The molecular formula is C60H39N. The number of allylic oxidation sites excluding steroid dienone is 3. The minimum absolute atomic E-state index is 0.776. The zero-order chi connectivity index (χ0) is 40.3. The predicted octanol–water partition coefficient (Wildman–Crippen LogP) is 15.9. The van der Waals surface area contributed by atoms with Crippen molar-refractivity contribution in [2.75, 3.05) is 0 Å². The fourth-order valence-corrected chi connectivity index (χ4v) is 9.66. The normalized spacial score (nSPS) is 12.7. The van der Waals surface area contributed by atoms with Crippen LogP contribution in [0.3, 0.4) is 0 Å². The fourth-order valence-electron chi connectivity index (χ4n) is 9.66. The van der Waals surface area contributed by atoms with E-state index in [2.05, 4.69) is 225 Å². The first-order valence-corrected chi connectivity index (χ1v) is 21.1. The van der Waals surface area contributed by atoms with Crippen LogP contribution in [0, 0.1) is 0 Å². The molecule has 284 valence electrons. The van der Waals surface area contributed by atoms with Gasteiger partial charge in [0.1, 0.15) is 0 Å². The quantitative estimate of drug-likeness (QED) is 0.159. The van der Waals surface area contributed by atoms with Crippen LogP contribution in [0.2, 0.25) is 0 Å². The molecule has 1 aromatic heterocycles. The molecule has 10 aromatic carbocycles. The summed E-state index contributed by atoms with van der Waals surface area (Å²) in [6, 6.07) is 75.6. The average molecular weight is 774 g/mol. The third-order valence-electron chi connectivity index (χ3n) is 12.7. The summed E-state index contributed by atoms with van der Waals surface area (Å²) in [7, 11) is 0. The van der Waals surface area contributed by atoms with E-state index in [9.17, 15) is 0 Å². The lowest BCUT2D eigenvalue weighted by Crippen LogP contribution is -1.97. The number of hydrogen-bond donors (Lipinski definition) is 0. The van der Waals surface area contributed by atoms with Crippen LogP contribution in [0.5, 0.6) is 0 Å². The Morgan fingerprint density at radius 1 is 0.328 bits per heavy atom. The number of nitrogens with zero attached hydrogens (tertiary/aromatic N) is 1. The van der Waals surface area contributed by atoms with Crippen LogP contribution in [-0.4, -0.2) is 4.98 Å². The molecule has 11 aromatic rings. The zero-order valence-electron chi connectivity index (χ0n) is 33.5. The van der Waals surface area contributed by atoms with Crippen LogP contribution in [-0.2, 0) is 6.42 Å². The van der Waals surface area contributed by atoms with Crippen molar-refractivity contribution in [1.82, 2.24) is 4.98 Å². The smallest absolute Gasteiger partial charge is 0.0702 e. The Labute approximate surface area is 355 Å². The zero-order valence-corrected chi connectivity index (χ0v) is 33.5. The number of benzene rings is 10. The van der Waals surface area contributed by atoms with Gasteiger partial charge < -0.3 is 0 Å².